The molecule has 1 aliphatic rings. The number of carboxylic acid groups (broad SMARTS) is 1. The van der Waals surface area contributed by atoms with E-state index < -0.39 is 5.97 Å². The Morgan fingerprint density at radius 2 is 1.70 bits per heavy atom. The molecule has 20 heavy (non-hydrogen) atoms. The molecule has 0 radical (unpaired) electrons. The maximum atomic E-state index is 10.9. The predicted octanol–water partition coefficient (Wildman–Crippen LogP) is 1.35. The minimum Gasteiger partial charge on any atom is -0.493 e. The zero-order chi connectivity index (χ0) is 14.7. The summed E-state index contributed by atoms with van der Waals surface area (Å²) in [6.45, 7) is 0. The third-order valence-electron chi connectivity index (χ3n) is 2.87. The molecule has 1 heterocycles. The molecular weight excluding hydrogens is 264 g/mol. The summed E-state index contributed by atoms with van der Waals surface area (Å²) >= 11 is 0. The van der Waals surface area contributed by atoms with Crippen LogP contribution in [0, 0.1) is 0 Å². The number of hydrogen-bond donors (Lipinski definition) is 1. The van der Waals surface area contributed by atoms with Crippen LogP contribution in [0.1, 0.15) is 12.0 Å². The van der Waals surface area contributed by atoms with Crippen molar-refractivity contribution < 1.29 is 24.1 Å². The third kappa shape index (κ3) is 2.42. The molecule has 0 aromatic heterocycles. The molecule has 0 bridgehead atoms. The number of aliphatic carboxylic acids is 1. The second-order valence-corrected chi connectivity index (χ2v) is 3.99. The Bertz CT molecular complexity index is 582. The summed E-state index contributed by atoms with van der Waals surface area (Å²) in [7, 11) is 4.53. The standard InChI is InChI=1S/C13H14N2O5/c1-18-10-4-7(5-11(19-2)12(10)20-3)8-6-9(13(16)17)15-14-8/h4-5H,6H2,1-3H3,(H,16,17). The minimum absolute atomic E-state index is 0.00810. The summed E-state index contributed by atoms with van der Waals surface area (Å²) in [6.07, 6.45) is 0.161. The van der Waals surface area contributed by atoms with Crippen LogP contribution in [-0.4, -0.2) is 43.8 Å². The van der Waals surface area contributed by atoms with Gasteiger partial charge in [-0.15, -0.1) is 5.10 Å². The van der Waals surface area contributed by atoms with E-state index in [0.717, 1.165) is 0 Å². The van der Waals surface area contributed by atoms with Gasteiger partial charge in [-0.05, 0) is 12.1 Å². The number of hydrogen-bond acceptors (Lipinski definition) is 6. The highest BCUT2D eigenvalue weighted by molar-refractivity contribution is 6.41. The van der Waals surface area contributed by atoms with Gasteiger partial charge < -0.3 is 19.3 Å². The van der Waals surface area contributed by atoms with E-state index in [0.29, 0.717) is 28.5 Å². The molecule has 106 valence electrons. The van der Waals surface area contributed by atoms with Crippen LogP contribution in [0.4, 0.5) is 0 Å². The van der Waals surface area contributed by atoms with Gasteiger partial charge in [0.2, 0.25) is 5.75 Å². The van der Waals surface area contributed by atoms with E-state index in [-0.39, 0.29) is 12.1 Å². The van der Waals surface area contributed by atoms with Gasteiger partial charge in [-0.3, -0.25) is 0 Å². The van der Waals surface area contributed by atoms with Gasteiger partial charge in [-0.25, -0.2) is 4.79 Å². The molecule has 0 spiro atoms. The number of carbonyl (C=O) groups is 1. The van der Waals surface area contributed by atoms with Crippen molar-refractivity contribution in [1.82, 2.24) is 0 Å². The molecule has 1 aromatic carbocycles. The van der Waals surface area contributed by atoms with Gasteiger partial charge in [0.05, 0.1) is 27.0 Å². The summed E-state index contributed by atoms with van der Waals surface area (Å²) in [4.78, 5) is 10.9. The van der Waals surface area contributed by atoms with E-state index in [1.807, 2.05) is 0 Å². The molecule has 0 aliphatic carbocycles. The van der Waals surface area contributed by atoms with Crippen molar-refractivity contribution in [1.29, 1.82) is 0 Å². The second kappa shape index (κ2) is 5.60. The molecule has 1 N–H and O–H groups in total. The van der Waals surface area contributed by atoms with E-state index in [2.05, 4.69) is 10.2 Å². The number of ether oxygens (including phenoxy) is 3. The maximum Gasteiger partial charge on any atom is 0.352 e. The van der Waals surface area contributed by atoms with Crippen LogP contribution >= 0.6 is 0 Å². The summed E-state index contributed by atoms with van der Waals surface area (Å²) in [5, 5.41) is 16.4. The first-order chi connectivity index (χ1) is 9.60. The van der Waals surface area contributed by atoms with Gasteiger partial charge in [0.1, 0.15) is 0 Å². The third-order valence-corrected chi connectivity index (χ3v) is 2.87. The van der Waals surface area contributed by atoms with Gasteiger partial charge in [0.25, 0.3) is 0 Å². The van der Waals surface area contributed by atoms with Crippen LogP contribution in [0.15, 0.2) is 22.3 Å². The average molecular weight is 278 g/mol. The van der Waals surface area contributed by atoms with Crippen molar-refractivity contribution in [3.05, 3.63) is 17.7 Å². The van der Waals surface area contributed by atoms with Gasteiger partial charge >= 0.3 is 5.97 Å². The van der Waals surface area contributed by atoms with Crippen molar-refractivity contribution >= 4 is 17.4 Å². The van der Waals surface area contributed by atoms with Crippen LogP contribution in [0.5, 0.6) is 17.2 Å². The van der Waals surface area contributed by atoms with Crippen LogP contribution in [-0.2, 0) is 4.79 Å². The number of rotatable bonds is 5. The van der Waals surface area contributed by atoms with E-state index in [9.17, 15) is 4.79 Å². The minimum atomic E-state index is -1.07. The zero-order valence-electron chi connectivity index (χ0n) is 11.3. The normalized spacial score (nSPS) is 13.6. The highest BCUT2D eigenvalue weighted by atomic mass is 16.5. The highest BCUT2D eigenvalue weighted by Crippen LogP contribution is 2.38. The largest absolute Gasteiger partial charge is 0.493 e. The number of methoxy groups -OCH3 is 3. The number of nitrogens with zero attached hydrogens (tertiary/aromatic N) is 2. The molecule has 2 rings (SSSR count). The van der Waals surface area contributed by atoms with Crippen molar-refractivity contribution in [2.75, 3.05) is 21.3 Å². The first kappa shape index (κ1) is 13.9. The Balaban J connectivity index is 2.38. The van der Waals surface area contributed by atoms with Gasteiger partial charge in [0.15, 0.2) is 17.2 Å². The molecule has 0 saturated carbocycles. The van der Waals surface area contributed by atoms with E-state index >= 15 is 0 Å². The van der Waals surface area contributed by atoms with Crippen molar-refractivity contribution in [2.45, 2.75) is 6.42 Å². The Kier molecular flexibility index (Phi) is 3.88. The zero-order valence-corrected chi connectivity index (χ0v) is 11.3. The molecule has 7 nitrogen and oxygen atoms in total. The molecule has 1 aliphatic heterocycles. The van der Waals surface area contributed by atoms with Crippen molar-refractivity contribution in [3.8, 4) is 17.2 Å². The Hall–Kier alpha value is -2.57. The van der Waals surface area contributed by atoms with Crippen LogP contribution < -0.4 is 14.2 Å². The molecule has 0 fully saturated rings. The van der Waals surface area contributed by atoms with Gasteiger partial charge in [-0.1, -0.05) is 0 Å². The smallest absolute Gasteiger partial charge is 0.352 e. The Morgan fingerprint density at radius 1 is 1.10 bits per heavy atom. The lowest BCUT2D eigenvalue weighted by atomic mass is 10.0. The SMILES string of the molecule is COc1cc(C2=NN=C(C(=O)O)C2)cc(OC)c1OC. The highest BCUT2D eigenvalue weighted by Gasteiger charge is 2.22. The molecular formula is C13H14N2O5. The van der Waals surface area contributed by atoms with E-state index in [1.165, 1.54) is 21.3 Å². The van der Waals surface area contributed by atoms with E-state index in [4.69, 9.17) is 19.3 Å². The lowest BCUT2D eigenvalue weighted by molar-refractivity contribution is -0.129. The molecule has 0 amide bonds. The van der Waals surface area contributed by atoms with Crippen molar-refractivity contribution in [2.24, 2.45) is 10.2 Å². The summed E-state index contributed by atoms with van der Waals surface area (Å²) in [5.74, 6) is 0.356. The Labute approximate surface area is 115 Å². The van der Waals surface area contributed by atoms with Crippen molar-refractivity contribution in [3.63, 3.8) is 0 Å². The Morgan fingerprint density at radius 3 is 2.10 bits per heavy atom. The first-order valence-electron chi connectivity index (χ1n) is 5.77. The molecule has 0 saturated heterocycles. The first-order valence-corrected chi connectivity index (χ1v) is 5.77. The predicted molar refractivity (Wildman–Crippen MR) is 72.3 cm³/mol. The fourth-order valence-electron chi connectivity index (χ4n) is 1.88. The summed E-state index contributed by atoms with van der Waals surface area (Å²) < 4.78 is 15.7. The summed E-state index contributed by atoms with van der Waals surface area (Å²) in [6, 6.07) is 3.42. The van der Waals surface area contributed by atoms with Crippen LogP contribution in [0.3, 0.4) is 0 Å². The number of benzene rings is 1. The average Bonchev–Trinajstić information content (AvgIpc) is 2.95. The maximum absolute atomic E-state index is 10.9. The summed E-state index contributed by atoms with van der Waals surface area (Å²) in [5.41, 5.74) is 1.23. The van der Waals surface area contributed by atoms with Gasteiger partial charge in [-0.2, -0.15) is 5.10 Å². The lowest BCUT2D eigenvalue weighted by Gasteiger charge is -2.13. The quantitative estimate of drug-likeness (QED) is 0.878. The number of carboxylic acids is 1. The second-order valence-electron chi connectivity index (χ2n) is 3.99. The fraction of sp³-hybridized carbons (Fsp3) is 0.308. The van der Waals surface area contributed by atoms with E-state index in [1.54, 1.807) is 12.1 Å². The van der Waals surface area contributed by atoms with Crippen LogP contribution in [0.2, 0.25) is 0 Å². The van der Waals surface area contributed by atoms with Gasteiger partial charge in [0, 0.05) is 12.0 Å². The van der Waals surface area contributed by atoms with Crippen LogP contribution in [0.25, 0.3) is 0 Å². The fourth-order valence-corrected chi connectivity index (χ4v) is 1.88. The topological polar surface area (TPSA) is 89.7 Å². The molecule has 7 heteroatoms. The lowest BCUT2D eigenvalue weighted by Crippen LogP contribution is -2.14. The molecule has 0 atom stereocenters. The molecule has 1 aromatic rings. The monoisotopic (exact) mass is 278 g/mol. The molecule has 0 unspecified atom stereocenters.